The lowest BCUT2D eigenvalue weighted by atomic mass is 10.0. The fraction of sp³-hybridized carbons (Fsp3) is 0.417. The van der Waals surface area contributed by atoms with Gasteiger partial charge in [-0.2, -0.15) is 0 Å². The molecule has 1 atom stereocenters. The number of carbonyl (C=O) groups is 2. The average molecular weight is 233 g/mol. The zero-order chi connectivity index (χ0) is 12.3. The van der Waals surface area contributed by atoms with E-state index in [0.717, 1.165) is 12.8 Å². The molecule has 1 aliphatic rings. The van der Waals surface area contributed by atoms with Gasteiger partial charge in [-0.05, 0) is 18.6 Å². The summed E-state index contributed by atoms with van der Waals surface area (Å²) < 4.78 is 0. The van der Waals surface area contributed by atoms with E-state index < -0.39 is 5.92 Å². The molecular weight excluding hydrogens is 218 g/mol. The zero-order valence-electron chi connectivity index (χ0n) is 9.69. The minimum absolute atomic E-state index is 0.247. The standard InChI is InChI=1S/C12H15N3O2/c1-2-3-5-8-11(16)14-9-6-4-7-13-10(9)15-12(8)17/h4,6-8H,2-3,5H2,1H3,(H,14,16)(H,13,15,17). The van der Waals surface area contributed by atoms with Crippen LogP contribution in [0.15, 0.2) is 18.3 Å². The third kappa shape index (κ3) is 2.43. The number of anilines is 2. The van der Waals surface area contributed by atoms with Crippen molar-refractivity contribution in [2.24, 2.45) is 5.92 Å². The number of amides is 2. The molecule has 1 aromatic rings. The van der Waals surface area contributed by atoms with Crippen molar-refractivity contribution in [3.05, 3.63) is 18.3 Å². The summed E-state index contributed by atoms with van der Waals surface area (Å²) in [5.74, 6) is -0.718. The molecule has 0 aromatic carbocycles. The van der Waals surface area contributed by atoms with Gasteiger partial charge in [-0.1, -0.05) is 19.8 Å². The van der Waals surface area contributed by atoms with E-state index in [2.05, 4.69) is 15.6 Å². The Morgan fingerprint density at radius 2 is 2.06 bits per heavy atom. The van der Waals surface area contributed by atoms with Gasteiger partial charge in [0.15, 0.2) is 5.82 Å². The van der Waals surface area contributed by atoms with Crippen molar-refractivity contribution in [2.75, 3.05) is 10.6 Å². The number of nitrogens with one attached hydrogen (secondary N) is 2. The fourth-order valence-electron chi connectivity index (χ4n) is 1.82. The molecule has 1 unspecified atom stereocenters. The molecule has 0 bridgehead atoms. The van der Waals surface area contributed by atoms with E-state index in [1.165, 1.54) is 0 Å². The number of nitrogens with zero attached hydrogens (tertiary/aromatic N) is 1. The Kier molecular flexibility index (Phi) is 3.37. The molecule has 2 amide bonds. The number of hydrogen-bond donors (Lipinski definition) is 2. The van der Waals surface area contributed by atoms with Gasteiger partial charge < -0.3 is 10.6 Å². The van der Waals surface area contributed by atoms with Crippen molar-refractivity contribution in [2.45, 2.75) is 26.2 Å². The summed E-state index contributed by atoms with van der Waals surface area (Å²) in [6.45, 7) is 2.03. The first kappa shape index (κ1) is 11.6. The summed E-state index contributed by atoms with van der Waals surface area (Å²) in [6.07, 6.45) is 3.97. The van der Waals surface area contributed by atoms with Crippen LogP contribution in [0.3, 0.4) is 0 Å². The highest BCUT2D eigenvalue weighted by atomic mass is 16.2. The number of rotatable bonds is 3. The Balaban J connectivity index is 2.22. The van der Waals surface area contributed by atoms with Gasteiger partial charge in [0.25, 0.3) is 0 Å². The molecule has 1 aromatic heterocycles. The maximum atomic E-state index is 11.9. The third-order valence-electron chi connectivity index (χ3n) is 2.79. The largest absolute Gasteiger partial charge is 0.322 e. The summed E-state index contributed by atoms with van der Waals surface area (Å²) >= 11 is 0. The van der Waals surface area contributed by atoms with Crippen molar-refractivity contribution >= 4 is 23.3 Å². The molecule has 0 radical (unpaired) electrons. The maximum absolute atomic E-state index is 11.9. The van der Waals surface area contributed by atoms with Crippen LogP contribution in [0.5, 0.6) is 0 Å². The van der Waals surface area contributed by atoms with Gasteiger partial charge in [0.05, 0.1) is 5.69 Å². The Morgan fingerprint density at radius 1 is 1.29 bits per heavy atom. The Bertz CT molecular complexity index is 408. The first-order valence-electron chi connectivity index (χ1n) is 5.79. The van der Waals surface area contributed by atoms with Crippen LogP contribution >= 0.6 is 0 Å². The van der Waals surface area contributed by atoms with Crippen molar-refractivity contribution in [3.8, 4) is 0 Å². The van der Waals surface area contributed by atoms with E-state index in [-0.39, 0.29) is 11.8 Å². The van der Waals surface area contributed by atoms with E-state index in [1.807, 2.05) is 6.92 Å². The SMILES string of the molecule is CCCCC1C(=O)Nc2cccnc2NC1=O. The Morgan fingerprint density at radius 3 is 2.82 bits per heavy atom. The second kappa shape index (κ2) is 4.95. The van der Waals surface area contributed by atoms with Crippen molar-refractivity contribution in [3.63, 3.8) is 0 Å². The monoisotopic (exact) mass is 233 g/mol. The van der Waals surface area contributed by atoms with E-state index in [9.17, 15) is 9.59 Å². The number of pyridine rings is 1. The van der Waals surface area contributed by atoms with Gasteiger partial charge >= 0.3 is 0 Å². The zero-order valence-corrected chi connectivity index (χ0v) is 9.69. The quantitative estimate of drug-likeness (QED) is 0.782. The fourth-order valence-corrected chi connectivity index (χ4v) is 1.82. The van der Waals surface area contributed by atoms with Gasteiger partial charge in [0.2, 0.25) is 11.8 Å². The molecule has 1 aliphatic heterocycles. The molecule has 0 saturated carbocycles. The maximum Gasteiger partial charge on any atom is 0.238 e. The Hall–Kier alpha value is -1.91. The van der Waals surface area contributed by atoms with Crippen LogP contribution in [0, 0.1) is 5.92 Å². The van der Waals surface area contributed by atoms with Gasteiger partial charge in [-0.15, -0.1) is 0 Å². The summed E-state index contributed by atoms with van der Waals surface area (Å²) in [7, 11) is 0. The van der Waals surface area contributed by atoms with Gasteiger partial charge in [-0.25, -0.2) is 4.98 Å². The minimum Gasteiger partial charge on any atom is -0.322 e. The van der Waals surface area contributed by atoms with Gasteiger partial charge in [-0.3, -0.25) is 9.59 Å². The predicted molar refractivity (Wildman–Crippen MR) is 64.5 cm³/mol. The lowest BCUT2D eigenvalue weighted by Crippen LogP contribution is -2.30. The van der Waals surface area contributed by atoms with Crippen LogP contribution < -0.4 is 10.6 Å². The highest BCUT2D eigenvalue weighted by molar-refractivity contribution is 6.14. The number of fused-ring (bicyclic) bond motifs is 1. The molecule has 5 nitrogen and oxygen atoms in total. The van der Waals surface area contributed by atoms with Crippen LogP contribution in [0.25, 0.3) is 0 Å². The van der Waals surface area contributed by atoms with Gasteiger partial charge in [0.1, 0.15) is 5.92 Å². The average Bonchev–Trinajstić information content (AvgIpc) is 2.43. The molecule has 5 heteroatoms. The van der Waals surface area contributed by atoms with Crippen molar-refractivity contribution in [1.29, 1.82) is 0 Å². The molecule has 0 fully saturated rings. The first-order valence-corrected chi connectivity index (χ1v) is 5.79. The van der Waals surface area contributed by atoms with Crippen molar-refractivity contribution < 1.29 is 9.59 Å². The molecule has 2 heterocycles. The molecular formula is C12H15N3O2. The summed E-state index contributed by atoms with van der Waals surface area (Å²) in [5.41, 5.74) is 0.560. The van der Waals surface area contributed by atoms with E-state index in [1.54, 1.807) is 18.3 Å². The van der Waals surface area contributed by atoms with Crippen LogP contribution in [0.4, 0.5) is 11.5 Å². The number of hydrogen-bond acceptors (Lipinski definition) is 3. The van der Waals surface area contributed by atoms with Crippen LogP contribution in [-0.4, -0.2) is 16.8 Å². The van der Waals surface area contributed by atoms with Crippen LogP contribution in [0.1, 0.15) is 26.2 Å². The van der Waals surface area contributed by atoms with Crippen LogP contribution in [0.2, 0.25) is 0 Å². The van der Waals surface area contributed by atoms with Gasteiger partial charge in [0, 0.05) is 6.20 Å². The van der Waals surface area contributed by atoms with E-state index in [0.29, 0.717) is 17.9 Å². The summed E-state index contributed by atoms with van der Waals surface area (Å²) in [6, 6.07) is 3.44. The molecule has 2 N–H and O–H groups in total. The molecule has 0 saturated heterocycles. The molecule has 17 heavy (non-hydrogen) atoms. The highest BCUT2D eigenvalue weighted by Crippen LogP contribution is 2.24. The molecule has 90 valence electrons. The second-order valence-corrected chi connectivity index (χ2v) is 4.07. The van der Waals surface area contributed by atoms with Crippen molar-refractivity contribution in [1.82, 2.24) is 4.98 Å². The molecule has 0 spiro atoms. The summed E-state index contributed by atoms with van der Waals surface area (Å²) in [4.78, 5) is 27.8. The Labute approximate surface area is 99.6 Å². The lowest BCUT2D eigenvalue weighted by Gasteiger charge is -2.10. The smallest absolute Gasteiger partial charge is 0.238 e. The number of unbranched alkanes of at least 4 members (excludes halogenated alkanes) is 1. The lowest BCUT2D eigenvalue weighted by molar-refractivity contribution is -0.129. The predicted octanol–water partition coefficient (Wildman–Crippen LogP) is 1.78. The topological polar surface area (TPSA) is 71.1 Å². The highest BCUT2D eigenvalue weighted by Gasteiger charge is 2.30. The van der Waals surface area contributed by atoms with E-state index >= 15 is 0 Å². The van der Waals surface area contributed by atoms with E-state index in [4.69, 9.17) is 0 Å². The third-order valence-corrected chi connectivity index (χ3v) is 2.79. The first-order chi connectivity index (χ1) is 8.22. The molecule has 0 aliphatic carbocycles. The normalized spacial score (nSPS) is 19.0. The second-order valence-electron chi connectivity index (χ2n) is 4.07. The summed E-state index contributed by atoms with van der Waals surface area (Å²) in [5, 5.41) is 5.41. The van der Waals surface area contributed by atoms with Crippen LogP contribution in [-0.2, 0) is 9.59 Å². The minimum atomic E-state index is -0.621. The number of carbonyl (C=O) groups excluding carboxylic acids is 2. The number of aromatic nitrogens is 1. The molecule has 2 rings (SSSR count).